The average Bonchev–Trinajstić information content (AvgIpc) is 2.30. The number of nitrogen functional groups attached to an aromatic ring is 1. The van der Waals surface area contributed by atoms with E-state index in [0.29, 0.717) is 5.56 Å². The Labute approximate surface area is 94.4 Å². The molecule has 0 fully saturated rings. The summed E-state index contributed by atoms with van der Waals surface area (Å²) in [7, 11) is 0. The number of benzene rings is 2. The lowest BCUT2D eigenvalue weighted by Gasteiger charge is -2.07. The van der Waals surface area contributed by atoms with Crippen molar-refractivity contribution in [2.24, 2.45) is 5.73 Å². The van der Waals surface area contributed by atoms with Gasteiger partial charge in [0.1, 0.15) is 5.84 Å². The molecule has 0 saturated heterocycles. The predicted molar refractivity (Wildman–Crippen MR) is 66.0 cm³/mol. The van der Waals surface area contributed by atoms with Gasteiger partial charge in [-0.25, -0.2) is 0 Å². The highest BCUT2D eigenvalue weighted by molar-refractivity contribution is 5.95. The lowest BCUT2D eigenvalue weighted by Crippen LogP contribution is -2.10. The molecule has 0 unspecified atom stereocenters. The van der Waals surface area contributed by atoms with Crippen LogP contribution in [-0.4, -0.2) is 5.84 Å². The molecule has 0 spiro atoms. The van der Waals surface area contributed by atoms with Crippen LogP contribution in [0.5, 0.6) is 0 Å². The van der Waals surface area contributed by atoms with Crippen molar-refractivity contribution in [2.45, 2.75) is 0 Å². The van der Waals surface area contributed by atoms with Gasteiger partial charge in [-0.1, -0.05) is 30.3 Å². The van der Waals surface area contributed by atoms with E-state index in [2.05, 4.69) is 11.4 Å². The molecule has 0 amide bonds. The maximum absolute atomic E-state index is 7.35. The number of nitrogens with two attached hydrogens (primary N) is 1. The molecule has 16 heavy (non-hydrogen) atoms. The third-order valence-corrected chi connectivity index (χ3v) is 2.17. The Balaban J connectivity index is 2.22. The Morgan fingerprint density at radius 2 is 1.94 bits per heavy atom. The summed E-state index contributed by atoms with van der Waals surface area (Å²) in [6.45, 7) is 0. The molecule has 0 aliphatic rings. The van der Waals surface area contributed by atoms with Gasteiger partial charge in [0, 0.05) is 23.0 Å². The molecule has 3 heteroatoms. The van der Waals surface area contributed by atoms with Crippen LogP contribution in [-0.2, 0) is 0 Å². The fourth-order valence-corrected chi connectivity index (χ4v) is 1.38. The van der Waals surface area contributed by atoms with E-state index in [-0.39, 0.29) is 5.84 Å². The highest BCUT2D eigenvalue weighted by Gasteiger charge is 1.98. The zero-order valence-electron chi connectivity index (χ0n) is 8.70. The van der Waals surface area contributed by atoms with Gasteiger partial charge in [-0.15, -0.1) is 0 Å². The van der Waals surface area contributed by atoms with E-state index in [1.165, 1.54) is 0 Å². The molecule has 2 aromatic carbocycles. The highest BCUT2D eigenvalue weighted by Crippen LogP contribution is 2.16. The molecule has 0 saturated carbocycles. The summed E-state index contributed by atoms with van der Waals surface area (Å²) in [5.41, 5.74) is 7.90. The molecule has 2 rings (SSSR count). The molecule has 0 heterocycles. The van der Waals surface area contributed by atoms with Gasteiger partial charge >= 0.3 is 0 Å². The Hall–Kier alpha value is -2.29. The van der Waals surface area contributed by atoms with Crippen LogP contribution in [0.4, 0.5) is 11.4 Å². The van der Waals surface area contributed by atoms with Crippen LogP contribution in [0.15, 0.2) is 48.5 Å². The number of hydrogen-bond acceptors (Lipinski definition) is 2. The number of amidine groups is 1. The number of hydrogen-bond donors (Lipinski definition) is 3. The molecule has 0 bridgehead atoms. The lowest BCUT2D eigenvalue weighted by molar-refractivity contribution is 1.42. The zero-order valence-corrected chi connectivity index (χ0v) is 8.70. The second kappa shape index (κ2) is 4.49. The van der Waals surface area contributed by atoms with Gasteiger partial charge in [0.05, 0.1) is 0 Å². The molecule has 79 valence electrons. The first kappa shape index (κ1) is 10.2. The first-order chi connectivity index (χ1) is 7.75. The van der Waals surface area contributed by atoms with Crippen LogP contribution in [0.3, 0.4) is 0 Å². The summed E-state index contributed by atoms with van der Waals surface area (Å²) >= 11 is 0. The number of nitrogens with one attached hydrogen (secondary N) is 2. The van der Waals surface area contributed by atoms with Crippen molar-refractivity contribution < 1.29 is 0 Å². The summed E-state index contributed by atoms with van der Waals surface area (Å²) in [4.78, 5) is 0. The van der Waals surface area contributed by atoms with Gasteiger partial charge in [-0.3, -0.25) is 5.41 Å². The number of anilines is 2. The Morgan fingerprint density at radius 1 is 1.19 bits per heavy atom. The van der Waals surface area contributed by atoms with Crippen molar-refractivity contribution in [3.05, 3.63) is 60.2 Å². The fourth-order valence-electron chi connectivity index (χ4n) is 1.38. The minimum Gasteiger partial charge on any atom is -0.384 e. The van der Waals surface area contributed by atoms with Gasteiger partial charge < -0.3 is 11.1 Å². The fraction of sp³-hybridized carbons (Fsp3) is 0. The summed E-state index contributed by atoms with van der Waals surface area (Å²) in [5, 5.41) is 10.5. The minimum absolute atomic E-state index is 0.0603. The molecular weight excluding hydrogens is 198 g/mol. The van der Waals surface area contributed by atoms with Crippen molar-refractivity contribution in [3.8, 4) is 0 Å². The molecule has 0 aliphatic heterocycles. The van der Waals surface area contributed by atoms with Crippen molar-refractivity contribution in [2.75, 3.05) is 5.32 Å². The van der Waals surface area contributed by atoms with Crippen molar-refractivity contribution >= 4 is 17.2 Å². The minimum atomic E-state index is 0.0603. The second-order valence-corrected chi connectivity index (χ2v) is 3.40. The summed E-state index contributed by atoms with van der Waals surface area (Å²) in [6.07, 6.45) is 0. The smallest absolute Gasteiger partial charge is 0.122 e. The van der Waals surface area contributed by atoms with Crippen molar-refractivity contribution in [1.29, 1.82) is 5.41 Å². The molecule has 0 aliphatic carbocycles. The topological polar surface area (TPSA) is 61.9 Å². The molecule has 3 nitrogen and oxygen atoms in total. The van der Waals surface area contributed by atoms with E-state index in [0.717, 1.165) is 11.4 Å². The van der Waals surface area contributed by atoms with Gasteiger partial charge in [-0.05, 0) is 18.2 Å². The molecule has 0 aromatic heterocycles. The van der Waals surface area contributed by atoms with Gasteiger partial charge in [0.15, 0.2) is 0 Å². The van der Waals surface area contributed by atoms with Gasteiger partial charge in [0.25, 0.3) is 0 Å². The normalized spacial score (nSPS) is 9.75. The van der Waals surface area contributed by atoms with Crippen LogP contribution in [0.1, 0.15) is 5.56 Å². The number of rotatable bonds is 3. The maximum atomic E-state index is 7.35. The van der Waals surface area contributed by atoms with Crippen LogP contribution in [0.2, 0.25) is 0 Å². The largest absolute Gasteiger partial charge is 0.384 e. The van der Waals surface area contributed by atoms with Crippen LogP contribution >= 0.6 is 0 Å². The molecular formula is C13H12N3. The van der Waals surface area contributed by atoms with E-state index in [9.17, 15) is 0 Å². The predicted octanol–water partition coefficient (Wildman–Crippen LogP) is 2.51. The van der Waals surface area contributed by atoms with Crippen LogP contribution in [0.25, 0.3) is 0 Å². The van der Waals surface area contributed by atoms with Gasteiger partial charge in [-0.2, -0.15) is 0 Å². The molecule has 0 atom stereocenters. The monoisotopic (exact) mass is 210 g/mol. The maximum Gasteiger partial charge on any atom is 0.122 e. The lowest BCUT2D eigenvalue weighted by atomic mass is 10.2. The molecule has 1 radical (unpaired) electrons. The first-order valence-corrected chi connectivity index (χ1v) is 4.94. The van der Waals surface area contributed by atoms with E-state index in [1.54, 1.807) is 18.2 Å². The van der Waals surface area contributed by atoms with Crippen LogP contribution < -0.4 is 11.1 Å². The Morgan fingerprint density at radius 3 is 2.62 bits per heavy atom. The second-order valence-electron chi connectivity index (χ2n) is 3.40. The van der Waals surface area contributed by atoms with Crippen molar-refractivity contribution in [3.63, 3.8) is 0 Å². The molecule has 4 N–H and O–H groups in total. The first-order valence-electron chi connectivity index (χ1n) is 4.94. The standard InChI is InChI=1S/C13H12N3/c14-13(15)10-5-4-8-12(9-10)16-11-6-2-1-3-7-11/h1-7,9,16H,(H3,14,15). The number of para-hydroxylation sites is 1. The van der Waals surface area contributed by atoms with Crippen molar-refractivity contribution in [1.82, 2.24) is 0 Å². The third-order valence-electron chi connectivity index (χ3n) is 2.17. The third kappa shape index (κ3) is 2.39. The summed E-state index contributed by atoms with van der Waals surface area (Å²) in [6, 6.07) is 18.2. The Kier molecular flexibility index (Phi) is 2.87. The summed E-state index contributed by atoms with van der Waals surface area (Å²) < 4.78 is 0. The van der Waals surface area contributed by atoms with E-state index >= 15 is 0 Å². The Bertz CT molecular complexity index is 492. The average molecular weight is 210 g/mol. The van der Waals surface area contributed by atoms with E-state index < -0.39 is 0 Å². The van der Waals surface area contributed by atoms with E-state index in [4.69, 9.17) is 11.1 Å². The summed E-state index contributed by atoms with van der Waals surface area (Å²) in [5.74, 6) is 0.0603. The highest BCUT2D eigenvalue weighted by atomic mass is 14.9. The SMILES string of the molecule is N=C(N)c1cc[c]c(Nc2ccccc2)c1. The van der Waals surface area contributed by atoms with Gasteiger partial charge in [0.2, 0.25) is 0 Å². The van der Waals surface area contributed by atoms with Crippen LogP contribution in [0, 0.1) is 11.5 Å². The molecule has 2 aromatic rings. The van der Waals surface area contributed by atoms with E-state index in [1.807, 2.05) is 30.3 Å². The quantitative estimate of drug-likeness (QED) is 0.538. The zero-order chi connectivity index (χ0) is 11.4.